The van der Waals surface area contributed by atoms with Gasteiger partial charge in [0.1, 0.15) is 17.2 Å². The van der Waals surface area contributed by atoms with E-state index in [1.807, 2.05) is 18.2 Å². The zero-order valence-electron chi connectivity index (χ0n) is 16.5. The summed E-state index contributed by atoms with van der Waals surface area (Å²) < 4.78 is 27.5. The van der Waals surface area contributed by atoms with Gasteiger partial charge in [0.05, 0.1) is 0 Å². The van der Waals surface area contributed by atoms with Crippen LogP contribution in [0.25, 0.3) is 0 Å². The van der Waals surface area contributed by atoms with Crippen LogP contribution in [0.4, 0.5) is 20.2 Å². The van der Waals surface area contributed by atoms with Crippen LogP contribution >= 0.6 is 0 Å². The molecule has 0 saturated carbocycles. The summed E-state index contributed by atoms with van der Waals surface area (Å²) in [5, 5.41) is 2.56. The summed E-state index contributed by atoms with van der Waals surface area (Å²) in [5.74, 6) is -2.55. The fraction of sp³-hybridized carbons (Fsp3) is 0.208. The fourth-order valence-electron chi connectivity index (χ4n) is 3.67. The second-order valence-electron chi connectivity index (χ2n) is 7.35. The number of nitrogens with one attached hydrogen (secondary N) is 1. The molecule has 6 heteroatoms. The highest BCUT2D eigenvalue weighted by molar-refractivity contribution is 6.04. The maximum atomic E-state index is 13.8. The number of nitrogens with zero attached hydrogens (tertiary/aromatic N) is 2. The van der Waals surface area contributed by atoms with E-state index in [9.17, 15) is 13.6 Å². The Morgan fingerprint density at radius 3 is 2.07 bits per heavy atom. The van der Waals surface area contributed by atoms with Crippen molar-refractivity contribution in [1.82, 2.24) is 4.90 Å². The van der Waals surface area contributed by atoms with Gasteiger partial charge in [0.2, 0.25) is 0 Å². The highest BCUT2D eigenvalue weighted by Gasteiger charge is 2.19. The summed E-state index contributed by atoms with van der Waals surface area (Å²) in [4.78, 5) is 17.0. The number of benzene rings is 3. The molecule has 1 fully saturated rings. The van der Waals surface area contributed by atoms with Crippen LogP contribution in [0.5, 0.6) is 0 Å². The molecule has 3 aromatic rings. The molecule has 4 rings (SSSR count). The van der Waals surface area contributed by atoms with Crippen molar-refractivity contribution in [2.24, 2.45) is 0 Å². The Bertz CT molecular complexity index is 980. The number of carbonyl (C=O) groups is 1. The second-order valence-corrected chi connectivity index (χ2v) is 7.35. The zero-order chi connectivity index (χ0) is 20.9. The molecule has 0 atom stereocenters. The maximum Gasteiger partial charge on any atom is 0.261 e. The molecule has 1 N–H and O–H groups in total. The number of amides is 1. The molecule has 1 aliphatic heterocycles. The largest absolute Gasteiger partial charge is 0.369 e. The van der Waals surface area contributed by atoms with E-state index >= 15 is 0 Å². The van der Waals surface area contributed by atoms with Crippen LogP contribution in [0.2, 0.25) is 0 Å². The van der Waals surface area contributed by atoms with Gasteiger partial charge in [-0.3, -0.25) is 9.69 Å². The monoisotopic (exact) mass is 407 g/mol. The van der Waals surface area contributed by atoms with Crippen LogP contribution in [0, 0.1) is 11.6 Å². The van der Waals surface area contributed by atoms with E-state index in [2.05, 4.69) is 39.4 Å². The molecule has 1 aliphatic rings. The molecule has 1 heterocycles. The van der Waals surface area contributed by atoms with Gasteiger partial charge in [-0.2, -0.15) is 0 Å². The molecule has 0 unspecified atom stereocenters. The lowest BCUT2D eigenvalue weighted by Crippen LogP contribution is -2.45. The summed E-state index contributed by atoms with van der Waals surface area (Å²) in [5.41, 5.74) is 2.30. The number of carbonyl (C=O) groups excluding carboxylic acids is 1. The van der Waals surface area contributed by atoms with Crippen molar-refractivity contribution in [3.8, 4) is 0 Å². The first-order valence-corrected chi connectivity index (χ1v) is 9.97. The highest BCUT2D eigenvalue weighted by atomic mass is 19.1. The van der Waals surface area contributed by atoms with Gasteiger partial charge in [0.25, 0.3) is 5.91 Å². The van der Waals surface area contributed by atoms with Crippen LogP contribution in [0.3, 0.4) is 0 Å². The van der Waals surface area contributed by atoms with Crippen LogP contribution < -0.4 is 10.2 Å². The summed E-state index contributed by atoms with van der Waals surface area (Å²) in [6.45, 7) is 4.73. The summed E-state index contributed by atoms with van der Waals surface area (Å²) in [6.07, 6.45) is 0. The molecule has 1 amide bonds. The smallest absolute Gasteiger partial charge is 0.261 e. The average molecular weight is 407 g/mol. The topological polar surface area (TPSA) is 35.6 Å². The predicted molar refractivity (Wildman–Crippen MR) is 115 cm³/mol. The van der Waals surface area contributed by atoms with E-state index in [0.717, 1.165) is 50.5 Å². The number of hydrogen-bond donors (Lipinski definition) is 1. The fourth-order valence-corrected chi connectivity index (χ4v) is 3.67. The van der Waals surface area contributed by atoms with Crippen molar-refractivity contribution in [1.29, 1.82) is 0 Å². The maximum absolute atomic E-state index is 13.8. The Kier molecular flexibility index (Phi) is 6.05. The SMILES string of the molecule is O=C(Nc1ccc(N2CCN(Cc3ccccc3)CC2)cc1)c1c(F)cccc1F. The summed E-state index contributed by atoms with van der Waals surface area (Å²) in [6, 6.07) is 21.1. The third kappa shape index (κ3) is 4.66. The van der Waals surface area contributed by atoms with E-state index in [-0.39, 0.29) is 0 Å². The minimum absolute atomic E-state index is 0.495. The Balaban J connectivity index is 1.33. The number of hydrogen-bond acceptors (Lipinski definition) is 3. The van der Waals surface area contributed by atoms with Crippen molar-refractivity contribution >= 4 is 17.3 Å². The van der Waals surface area contributed by atoms with Crippen LogP contribution in [0.15, 0.2) is 72.8 Å². The van der Waals surface area contributed by atoms with Crippen molar-refractivity contribution in [3.63, 3.8) is 0 Å². The number of anilines is 2. The first kappa shape index (κ1) is 20.0. The lowest BCUT2D eigenvalue weighted by Gasteiger charge is -2.36. The Hall–Kier alpha value is -3.25. The van der Waals surface area contributed by atoms with Gasteiger partial charge in [-0.25, -0.2) is 8.78 Å². The normalized spacial score (nSPS) is 14.5. The van der Waals surface area contributed by atoms with Crippen LogP contribution in [-0.2, 0) is 6.54 Å². The van der Waals surface area contributed by atoms with Gasteiger partial charge in [-0.15, -0.1) is 0 Å². The Morgan fingerprint density at radius 2 is 1.43 bits per heavy atom. The first-order valence-electron chi connectivity index (χ1n) is 9.97. The van der Waals surface area contributed by atoms with E-state index in [4.69, 9.17) is 0 Å². The quantitative estimate of drug-likeness (QED) is 0.675. The lowest BCUT2D eigenvalue weighted by atomic mass is 10.1. The molecule has 0 aromatic heterocycles. The summed E-state index contributed by atoms with van der Waals surface area (Å²) >= 11 is 0. The van der Waals surface area contributed by atoms with E-state index in [1.165, 1.54) is 11.6 Å². The Morgan fingerprint density at radius 1 is 0.800 bits per heavy atom. The molecule has 4 nitrogen and oxygen atoms in total. The lowest BCUT2D eigenvalue weighted by molar-refractivity contribution is 0.101. The standard InChI is InChI=1S/C24H23F2N3O/c25-21-7-4-8-22(26)23(21)24(30)27-19-9-11-20(12-10-19)29-15-13-28(14-16-29)17-18-5-2-1-3-6-18/h1-12H,13-17H2,(H,27,30). The minimum Gasteiger partial charge on any atom is -0.369 e. The molecule has 154 valence electrons. The molecular weight excluding hydrogens is 384 g/mol. The Labute approximate surface area is 174 Å². The molecule has 0 spiro atoms. The van der Waals surface area contributed by atoms with Gasteiger partial charge in [-0.1, -0.05) is 36.4 Å². The van der Waals surface area contributed by atoms with Gasteiger partial charge >= 0.3 is 0 Å². The van der Waals surface area contributed by atoms with Crippen LogP contribution in [-0.4, -0.2) is 37.0 Å². The van der Waals surface area contributed by atoms with Gasteiger partial charge in [-0.05, 0) is 42.0 Å². The van der Waals surface area contributed by atoms with Crippen molar-refractivity contribution in [3.05, 3.63) is 95.6 Å². The van der Waals surface area contributed by atoms with E-state index in [0.29, 0.717) is 5.69 Å². The number of piperazine rings is 1. The third-order valence-electron chi connectivity index (χ3n) is 5.30. The van der Waals surface area contributed by atoms with Crippen molar-refractivity contribution in [2.75, 3.05) is 36.4 Å². The first-order chi connectivity index (χ1) is 14.6. The second kappa shape index (κ2) is 9.05. The van der Waals surface area contributed by atoms with E-state index in [1.54, 1.807) is 12.1 Å². The third-order valence-corrected chi connectivity index (χ3v) is 5.30. The predicted octanol–water partition coefficient (Wildman–Crippen LogP) is 4.54. The zero-order valence-corrected chi connectivity index (χ0v) is 16.5. The molecule has 1 saturated heterocycles. The number of rotatable bonds is 5. The number of halogens is 2. The molecule has 0 radical (unpaired) electrons. The van der Waals surface area contributed by atoms with Crippen molar-refractivity contribution < 1.29 is 13.6 Å². The molecule has 3 aromatic carbocycles. The average Bonchev–Trinajstić information content (AvgIpc) is 2.75. The van der Waals surface area contributed by atoms with Gasteiger partial charge < -0.3 is 10.2 Å². The molecule has 30 heavy (non-hydrogen) atoms. The molecule has 0 aliphatic carbocycles. The van der Waals surface area contributed by atoms with Gasteiger partial charge in [0.15, 0.2) is 0 Å². The molecular formula is C24H23F2N3O. The highest BCUT2D eigenvalue weighted by Crippen LogP contribution is 2.21. The van der Waals surface area contributed by atoms with Crippen molar-refractivity contribution in [2.45, 2.75) is 6.54 Å². The van der Waals surface area contributed by atoms with E-state index < -0.39 is 23.1 Å². The van der Waals surface area contributed by atoms with Gasteiger partial charge in [0, 0.05) is 44.1 Å². The minimum atomic E-state index is -0.877. The molecule has 0 bridgehead atoms. The van der Waals surface area contributed by atoms with Crippen LogP contribution in [0.1, 0.15) is 15.9 Å². The summed E-state index contributed by atoms with van der Waals surface area (Å²) in [7, 11) is 0.